The summed E-state index contributed by atoms with van der Waals surface area (Å²) in [7, 11) is 0. The van der Waals surface area contributed by atoms with Gasteiger partial charge in [-0.15, -0.1) is 0 Å². The molecule has 1 aromatic rings. The highest BCUT2D eigenvalue weighted by atomic mass is 16.3. The number of rotatable bonds is 5. The summed E-state index contributed by atoms with van der Waals surface area (Å²) in [5.41, 5.74) is 2.44. The summed E-state index contributed by atoms with van der Waals surface area (Å²) in [6.07, 6.45) is 1.39. The second kappa shape index (κ2) is 6.57. The monoisotopic (exact) mass is 264 g/mol. The SMILES string of the molecule is CCC(CC)(CO)NC(=O)Nc1ccc(C)cc1C. The van der Waals surface area contributed by atoms with Crippen LogP contribution < -0.4 is 10.6 Å². The smallest absolute Gasteiger partial charge is 0.319 e. The van der Waals surface area contributed by atoms with Gasteiger partial charge in [-0.3, -0.25) is 0 Å². The van der Waals surface area contributed by atoms with E-state index in [-0.39, 0.29) is 12.6 Å². The lowest BCUT2D eigenvalue weighted by atomic mass is 9.94. The van der Waals surface area contributed by atoms with Crippen LogP contribution in [0, 0.1) is 13.8 Å². The van der Waals surface area contributed by atoms with Crippen LogP contribution in [0.2, 0.25) is 0 Å². The molecular formula is C15H24N2O2. The molecule has 106 valence electrons. The third-order valence-electron chi connectivity index (χ3n) is 3.67. The Balaban J connectivity index is 2.74. The Morgan fingerprint density at radius 3 is 2.37 bits per heavy atom. The second-order valence-electron chi connectivity index (χ2n) is 5.04. The molecule has 0 radical (unpaired) electrons. The van der Waals surface area contributed by atoms with Gasteiger partial charge in [-0.1, -0.05) is 31.5 Å². The van der Waals surface area contributed by atoms with E-state index in [9.17, 15) is 9.90 Å². The third kappa shape index (κ3) is 3.96. The zero-order valence-electron chi connectivity index (χ0n) is 12.2. The van der Waals surface area contributed by atoms with Gasteiger partial charge in [0.25, 0.3) is 0 Å². The summed E-state index contributed by atoms with van der Waals surface area (Å²) < 4.78 is 0. The molecule has 0 saturated carbocycles. The molecule has 4 nitrogen and oxygen atoms in total. The van der Waals surface area contributed by atoms with Crippen molar-refractivity contribution in [2.75, 3.05) is 11.9 Å². The summed E-state index contributed by atoms with van der Waals surface area (Å²) in [5.74, 6) is 0. The van der Waals surface area contributed by atoms with Crippen LogP contribution in [-0.2, 0) is 0 Å². The highest BCUT2D eigenvalue weighted by Crippen LogP contribution is 2.18. The highest BCUT2D eigenvalue weighted by Gasteiger charge is 2.27. The first kappa shape index (κ1) is 15.5. The van der Waals surface area contributed by atoms with Gasteiger partial charge in [0.15, 0.2) is 0 Å². The molecule has 0 fully saturated rings. The molecule has 3 N–H and O–H groups in total. The summed E-state index contributed by atoms with van der Waals surface area (Å²) in [6, 6.07) is 5.60. The van der Waals surface area contributed by atoms with Crippen molar-refractivity contribution in [3.05, 3.63) is 29.3 Å². The fraction of sp³-hybridized carbons (Fsp3) is 0.533. The summed E-state index contributed by atoms with van der Waals surface area (Å²) in [5, 5.41) is 15.1. The van der Waals surface area contributed by atoms with E-state index in [1.807, 2.05) is 45.9 Å². The van der Waals surface area contributed by atoms with E-state index in [1.54, 1.807) is 0 Å². The minimum atomic E-state index is -0.539. The van der Waals surface area contributed by atoms with Crippen molar-refractivity contribution >= 4 is 11.7 Å². The fourth-order valence-corrected chi connectivity index (χ4v) is 2.04. The molecule has 2 amide bonds. The largest absolute Gasteiger partial charge is 0.394 e. The van der Waals surface area contributed by atoms with Crippen LogP contribution in [0.25, 0.3) is 0 Å². The van der Waals surface area contributed by atoms with E-state index in [1.165, 1.54) is 0 Å². The normalized spacial score (nSPS) is 11.2. The van der Waals surface area contributed by atoms with Crippen molar-refractivity contribution in [2.24, 2.45) is 0 Å². The van der Waals surface area contributed by atoms with Crippen molar-refractivity contribution in [3.8, 4) is 0 Å². The number of aliphatic hydroxyl groups is 1. The Morgan fingerprint density at radius 2 is 1.89 bits per heavy atom. The molecule has 4 heteroatoms. The lowest BCUT2D eigenvalue weighted by Gasteiger charge is -2.30. The van der Waals surface area contributed by atoms with Gasteiger partial charge in [0.05, 0.1) is 12.1 Å². The molecule has 0 saturated heterocycles. The topological polar surface area (TPSA) is 61.4 Å². The summed E-state index contributed by atoms with van der Waals surface area (Å²) in [4.78, 5) is 12.0. The van der Waals surface area contributed by atoms with Crippen LogP contribution >= 0.6 is 0 Å². The maximum atomic E-state index is 12.0. The van der Waals surface area contributed by atoms with Crippen LogP contribution in [0.4, 0.5) is 10.5 Å². The van der Waals surface area contributed by atoms with E-state index in [0.29, 0.717) is 12.8 Å². The second-order valence-corrected chi connectivity index (χ2v) is 5.04. The predicted octanol–water partition coefficient (Wildman–Crippen LogP) is 2.98. The van der Waals surface area contributed by atoms with Gasteiger partial charge in [-0.2, -0.15) is 0 Å². The number of urea groups is 1. The highest BCUT2D eigenvalue weighted by molar-refractivity contribution is 5.90. The van der Waals surface area contributed by atoms with Crippen LogP contribution in [-0.4, -0.2) is 23.3 Å². The number of aliphatic hydroxyl groups excluding tert-OH is 1. The fourth-order valence-electron chi connectivity index (χ4n) is 2.04. The number of benzene rings is 1. The first-order valence-electron chi connectivity index (χ1n) is 6.73. The van der Waals surface area contributed by atoms with E-state index in [4.69, 9.17) is 0 Å². The molecule has 0 bridgehead atoms. The quantitative estimate of drug-likeness (QED) is 0.765. The van der Waals surface area contributed by atoms with Crippen LogP contribution in [0.15, 0.2) is 18.2 Å². The predicted molar refractivity (Wildman–Crippen MR) is 78.5 cm³/mol. The molecule has 0 aliphatic rings. The Kier molecular flexibility index (Phi) is 5.36. The van der Waals surface area contributed by atoms with Gasteiger partial charge in [-0.05, 0) is 38.3 Å². The van der Waals surface area contributed by atoms with Gasteiger partial charge in [-0.25, -0.2) is 4.79 Å². The van der Waals surface area contributed by atoms with Gasteiger partial charge in [0, 0.05) is 5.69 Å². The average molecular weight is 264 g/mol. The number of nitrogens with one attached hydrogen (secondary N) is 2. The lowest BCUT2D eigenvalue weighted by molar-refractivity contribution is 0.155. The average Bonchev–Trinajstić information content (AvgIpc) is 2.39. The summed E-state index contributed by atoms with van der Waals surface area (Å²) in [6.45, 7) is 7.83. The molecule has 0 aromatic heterocycles. The molecular weight excluding hydrogens is 240 g/mol. The molecule has 1 aromatic carbocycles. The molecule has 0 unspecified atom stereocenters. The van der Waals surface area contributed by atoms with E-state index in [0.717, 1.165) is 16.8 Å². The minimum Gasteiger partial charge on any atom is -0.394 e. The number of aryl methyl sites for hydroxylation is 2. The van der Waals surface area contributed by atoms with Crippen LogP contribution in [0.3, 0.4) is 0 Å². The first-order valence-corrected chi connectivity index (χ1v) is 6.73. The van der Waals surface area contributed by atoms with Gasteiger partial charge in [0.1, 0.15) is 0 Å². The molecule has 0 heterocycles. The van der Waals surface area contributed by atoms with Crippen molar-refractivity contribution in [3.63, 3.8) is 0 Å². The number of hydrogen-bond donors (Lipinski definition) is 3. The van der Waals surface area contributed by atoms with E-state index in [2.05, 4.69) is 10.6 Å². The van der Waals surface area contributed by atoms with Crippen LogP contribution in [0.1, 0.15) is 37.8 Å². The van der Waals surface area contributed by atoms with E-state index >= 15 is 0 Å². The van der Waals surface area contributed by atoms with Crippen molar-refractivity contribution in [2.45, 2.75) is 46.1 Å². The zero-order chi connectivity index (χ0) is 14.5. The summed E-state index contributed by atoms with van der Waals surface area (Å²) >= 11 is 0. The number of carbonyl (C=O) groups is 1. The Labute approximate surface area is 115 Å². The van der Waals surface area contributed by atoms with Crippen molar-refractivity contribution in [1.29, 1.82) is 0 Å². The van der Waals surface area contributed by atoms with E-state index < -0.39 is 5.54 Å². The minimum absolute atomic E-state index is 0.0553. The molecule has 19 heavy (non-hydrogen) atoms. The van der Waals surface area contributed by atoms with Crippen molar-refractivity contribution < 1.29 is 9.90 Å². The Hall–Kier alpha value is -1.55. The van der Waals surface area contributed by atoms with Crippen molar-refractivity contribution in [1.82, 2.24) is 5.32 Å². The number of anilines is 1. The molecule has 0 spiro atoms. The zero-order valence-corrected chi connectivity index (χ0v) is 12.2. The van der Waals surface area contributed by atoms with Crippen LogP contribution in [0.5, 0.6) is 0 Å². The standard InChI is InChI=1S/C15H24N2O2/c1-5-15(6-2,10-18)17-14(19)16-13-8-7-11(3)9-12(13)4/h7-9,18H,5-6,10H2,1-4H3,(H2,16,17,19). The maximum absolute atomic E-state index is 12.0. The maximum Gasteiger partial charge on any atom is 0.319 e. The van der Waals surface area contributed by atoms with Gasteiger partial charge < -0.3 is 15.7 Å². The van der Waals surface area contributed by atoms with Gasteiger partial charge >= 0.3 is 6.03 Å². The van der Waals surface area contributed by atoms with Gasteiger partial charge in [0.2, 0.25) is 0 Å². The molecule has 0 atom stereocenters. The molecule has 1 rings (SSSR count). The number of hydrogen-bond acceptors (Lipinski definition) is 2. The Bertz CT molecular complexity index is 432. The first-order chi connectivity index (χ1) is 8.96. The molecule has 0 aliphatic heterocycles. The Morgan fingerprint density at radius 1 is 1.26 bits per heavy atom. The number of carbonyl (C=O) groups excluding carboxylic acids is 1. The lowest BCUT2D eigenvalue weighted by Crippen LogP contribution is -2.52. The number of amides is 2. The third-order valence-corrected chi connectivity index (χ3v) is 3.67. The molecule has 0 aliphatic carbocycles.